The lowest BCUT2D eigenvalue weighted by Gasteiger charge is -2.28. The first-order valence-electron chi connectivity index (χ1n) is 9.73. The lowest BCUT2D eigenvalue weighted by atomic mass is 8.87. The SMILES string of the molecule is O=C(Nc1ccccc1)O[C@H]1[B][B][B][B][B][B][B][B][B][B][C@H]1Cc1ccccc1. The molecule has 0 aliphatic carbocycles. The molecular weight excluding hydrogens is 346 g/mol. The molecule has 0 spiro atoms. The van der Waals surface area contributed by atoms with E-state index in [-0.39, 0.29) is 5.82 Å². The minimum atomic E-state index is -0.469. The summed E-state index contributed by atoms with van der Waals surface area (Å²) in [6.45, 7) is 0. The molecule has 10 radical (unpaired) electrons. The lowest BCUT2D eigenvalue weighted by molar-refractivity contribution is 0.143. The number of carbonyl (C=O) groups is 1. The summed E-state index contributed by atoms with van der Waals surface area (Å²) in [6, 6.07) is 19.1. The molecule has 1 amide bonds. The van der Waals surface area contributed by atoms with Crippen molar-refractivity contribution >= 4 is 82.6 Å². The van der Waals surface area contributed by atoms with Crippen molar-refractivity contribution in [2.75, 3.05) is 5.32 Å². The first-order valence-corrected chi connectivity index (χ1v) is 9.73. The maximum absolute atomic E-state index is 12.5. The quantitative estimate of drug-likeness (QED) is 0.772. The first-order chi connectivity index (χ1) is 14.3. The number of hydrogen-bond acceptors (Lipinski definition) is 2. The zero-order valence-electron chi connectivity index (χ0n) is 16.2. The molecule has 1 saturated heterocycles. The molecule has 1 aliphatic rings. The summed E-state index contributed by atoms with van der Waals surface area (Å²) in [5.41, 5.74) is 1.90. The average Bonchev–Trinajstić information content (AvgIpc) is 2.73. The van der Waals surface area contributed by atoms with Gasteiger partial charge in [-0.25, -0.2) is 4.79 Å². The van der Waals surface area contributed by atoms with Crippen LogP contribution in [0.5, 0.6) is 0 Å². The third-order valence-electron chi connectivity index (χ3n) is 4.44. The molecule has 0 unspecified atom stereocenters. The van der Waals surface area contributed by atoms with Crippen LogP contribution in [0.25, 0.3) is 0 Å². The van der Waals surface area contributed by atoms with Gasteiger partial charge in [0.25, 0.3) is 0 Å². The molecule has 3 rings (SSSR count). The van der Waals surface area contributed by atoms with Crippen LogP contribution in [0.1, 0.15) is 5.56 Å². The summed E-state index contributed by atoms with van der Waals surface area (Å²) >= 11 is 0. The Hall–Kier alpha value is -1.64. The molecule has 126 valence electrons. The molecular formula is C16H15B10NO2. The molecule has 1 fully saturated rings. The van der Waals surface area contributed by atoms with Crippen molar-refractivity contribution in [3.63, 3.8) is 0 Å². The Labute approximate surface area is 181 Å². The van der Waals surface area contributed by atoms with E-state index < -0.39 is 12.1 Å². The molecule has 0 bridgehead atoms. The predicted octanol–water partition coefficient (Wildman–Crippen LogP) is -0.117. The highest BCUT2D eigenvalue weighted by Crippen LogP contribution is 2.20. The summed E-state index contributed by atoms with van der Waals surface area (Å²) in [6.07, 6.45) is 0.294. The van der Waals surface area contributed by atoms with Gasteiger partial charge in [-0.3, -0.25) is 5.32 Å². The summed E-state index contributed by atoms with van der Waals surface area (Å²) in [4.78, 5) is 12.5. The Morgan fingerprint density at radius 1 is 0.759 bits per heavy atom. The zero-order chi connectivity index (χ0) is 20.2. The highest BCUT2D eigenvalue weighted by atomic mass is 16.6. The van der Waals surface area contributed by atoms with Crippen molar-refractivity contribution in [2.45, 2.75) is 18.2 Å². The van der Waals surface area contributed by atoms with Gasteiger partial charge in [-0.05, 0) is 29.9 Å². The Bertz CT molecular complexity index is 726. The van der Waals surface area contributed by atoms with Crippen molar-refractivity contribution in [1.29, 1.82) is 0 Å². The van der Waals surface area contributed by atoms with Crippen molar-refractivity contribution in [3.05, 3.63) is 66.2 Å². The number of nitrogens with one attached hydrogen (secondary N) is 1. The van der Waals surface area contributed by atoms with Crippen LogP contribution >= 0.6 is 0 Å². The number of rotatable bonds is 4. The summed E-state index contributed by atoms with van der Waals surface area (Å²) in [7, 11) is 19.7. The van der Waals surface area contributed by atoms with Crippen molar-refractivity contribution in [1.82, 2.24) is 0 Å². The van der Waals surface area contributed by atoms with Crippen molar-refractivity contribution < 1.29 is 9.53 Å². The van der Waals surface area contributed by atoms with Gasteiger partial charge in [0.2, 0.25) is 0 Å². The predicted molar refractivity (Wildman–Crippen MR) is 132 cm³/mol. The number of amides is 1. The van der Waals surface area contributed by atoms with Crippen LogP contribution in [0, 0.1) is 0 Å². The summed E-state index contributed by atoms with van der Waals surface area (Å²) in [5.74, 6) is -0.00312. The number of ether oxygens (including phenoxy) is 1. The van der Waals surface area contributed by atoms with Gasteiger partial charge in [0.05, 0.1) is 13.2 Å². The smallest absolute Gasteiger partial charge is 0.411 e. The van der Waals surface area contributed by atoms with Crippen LogP contribution in [0.3, 0.4) is 0 Å². The van der Waals surface area contributed by atoms with Gasteiger partial charge in [-0.15, -0.1) is 0 Å². The minimum Gasteiger partial charge on any atom is -0.457 e. The van der Waals surface area contributed by atoms with E-state index in [0.29, 0.717) is 5.69 Å². The van der Waals surface area contributed by atoms with E-state index in [2.05, 4.69) is 24.6 Å². The molecule has 1 heterocycles. The highest BCUT2D eigenvalue weighted by molar-refractivity contribution is 7.69. The second-order valence-corrected chi connectivity index (χ2v) is 6.64. The standard InChI is InChI=1S/C16H15B10NO2/c28-16(27-13-9-5-2-6-10-13)29-15-14(11-12-7-3-1-4-8-12)17-19-21-23-25-26-24-22-20-18-15/h1-10,14-15H,11H2,(H,27,28)/t14-,15+/m0/s1. The van der Waals surface area contributed by atoms with Gasteiger partial charge in [0.1, 0.15) is 7.17 Å². The van der Waals surface area contributed by atoms with Gasteiger partial charge < -0.3 is 4.74 Å². The van der Waals surface area contributed by atoms with E-state index in [1.54, 1.807) is 0 Å². The molecule has 3 nitrogen and oxygen atoms in total. The minimum absolute atomic E-state index is 0.00312. The molecule has 29 heavy (non-hydrogen) atoms. The zero-order valence-corrected chi connectivity index (χ0v) is 16.2. The van der Waals surface area contributed by atoms with Crippen LogP contribution in [0.2, 0.25) is 5.82 Å². The van der Waals surface area contributed by atoms with E-state index in [0.717, 1.165) is 6.42 Å². The lowest BCUT2D eigenvalue weighted by Crippen LogP contribution is -2.43. The molecule has 2 aromatic carbocycles. The third-order valence-corrected chi connectivity index (χ3v) is 4.44. The number of benzene rings is 2. The van der Waals surface area contributed by atoms with Gasteiger partial charge in [0.15, 0.2) is 0 Å². The fourth-order valence-electron chi connectivity index (χ4n) is 3.01. The molecule has 1 N–H and O–H groups in total. The Morgan fingerprint density at radius 2 is 1.31 bits per heavy atom. The number of hydrogen-bond donors (Lipinski definition) is 1. The van der Waals surface area contributed by atoms with Gasteiger partial charge >= 0.3 is 6.09 Å². The van der Waals surface area contributed by atoms with Gasteiger partial charge in [-0.1, -0.05) is 48.5 Å². The maximum atomic E-state index is 12.5. The van der Waals surface area contributed by atoms with E-state index in [1.165, 1.54) is 5.56 Å². The molecule has 0 saturated carbocycles. The molecule has 13 heteroatoms. The van der Waals surface area contributed by atoms with Gasteiger partial charge in [-0.2, -0.15) is 0 Å². The second-order valence-electron chi connectivity index (χ2n) is 6.64. The van der Waals surface area contributed by atoms with Crippen LogP contribution in [-0.4, -0.2) is 82.9 Å². The van der Waals surface area contributed by atoms with Gasteiger partial charge in [0, 0.05) is 62.2 Å². The topological polar surface area (TPSA) is 38.3 Å². The molecule has 0 aromatic heterocycles. The Kier molecular flexibility index (Phi) is 9.75. The number of para-hydroxylation sites is 1. The summed E-state index contributed by atoms with van der Waals surface area (Å²) < 4.78 is 5.82. The largest absolute Gasteiger partial charge is 0.457 e. The van der Waals surface area contributed by atoms with E-state index in [9.17, 15) is 4.79 Å². The second kappa shape index (κ2) is 12.8. The molecule has 2 aromatic rings. The fraction of sp³-hybridized carbons (Fsp3) is 0.188. The van der Waals surface area contributed by atoms with Crippen LogP contribution in [-0.2, 0) is 11.2 Å². The van der Waals surface area contributed by atoms with Crippen LogP contribution < -0.4 is 5.32 Å². The Morgan fingerprint density at radius 3 is 1.97 bits per heavy atom. The molecule has 1 aliphatic heterocycles. The van der Waals surface area contributed by atoms with Crippen LogP contribution in [0.4, 0.5) is 10.5 Å². The average molecular weight is 361 g/mol. The van der Waals surface area contributed by atoms with Crippen molar-refractivity contribution in [3.8, 4) is 0 Å². The van der Waals surface area contributed by atoms with Crippen molar-refractivity contribution in [2.24, 2.45) is 0 Å². The third kappa shape index (κ3) is 8.32. The highest BCUT2D eigenvalue weighted by Gasteiger charge is 2.26. The maximum Gasteiger partial charge on any atom is 0.411 e. The Balaban J connectivity index is 1.68. The number of anilines is 1. The fourth-order valence-corrected chi connectivity index (χ4v) is 3.01. The molecule has 2 atom stereocenters. The van der Waals surface area contributed by atoms with E-state index in [1.807, 2.05) is 112 Å². The summed E-state index contributed by atoms with van der Waals surface area (Å²) in [5, 5.41) is 2.80. The normalized spacial score (nSPS) is 18.6. The monoisotopic (exact) mass is 363 g/mol. The first kappa shape index (κ1) is 22.1. The number of carbonyl (C=O) groups excluding carboxylic acids is 1. The van der Waals surface area contributed by atoms with Crippen LogP contribution in [0.15, 0.2) is 60.7 Å². The van der Waals surface area contributed by atoms with E-state index in [4.69, 9.17) is 4.74 Å². The van der Waals surface area contributed by atoms with E-state index >= 15 is 0 Å².